The molecule has 1 aliphatic heterocycles. The highest BCUT2D eigenvalue weighted by Gasteiger charge is 2.23. The van der Waals surface area contributed by atoms with Gasteiger partial charge in [0, 0.05) is 12.6 Å². The van der Waals surface area contributed by atoms with Crippen molar-refractivity contribution in [1.82, 2.24) is 15.3 Å². The van der Waals surface area contributed by atoms with Gasteiger partial charge in [0.2, 0.25) is 0 Å². The number of halogens is 1. The third kappa shape index (κ3) is 3.45. The number of aromatic nitrogens is 2. The van der Waals surface area contributed by atoms with Crippen LogP contribution in [0.25, 0.3) is 0 Å². The minimum atomic E-state index is -0.252. The minimum Gasteiger partial charge on any atom is -0.351 e. The molecule has 0 spiro atoms. The predicted molar refractivity (Wildman–Crippen MR) is 79.4 cm³/mol. The first-order chi connectivity index (χ1) is 9.63. The molecule has 1 aromatic rings. The van der Waals surface area contributed by atoms with Crippen molar-refractivity contribution in [2.75, 3.05) is 24.5 Å². The second-order valence-corrected chi connectivity index (χ2v) is 5.75. The topological polar surface area (TPSA) is 41.1 Å². The van der Waals surface area contributed by atoms with Gasteiger partial charge >= 0.3 is 0 Å². The van der Waals surface area contributed by atoms with E-state index < -0.39 is 0 Å². The smallest absolute Gasteiger partial charge is 0.187 e. The Labute approximate surface area is 120 Å². The first kappa shape index (κ1) is 15.2. The summed E-state index contributed by atoms with van der Waals surface area (Å²) in [5.74, 6) is 0.820. The number of piperidine rings is 1. The second-order valence-electron chi connectivity index (χ2n) is 5.75. The van der Waals surface area contributed by atoms with Gasteiger partial charge in [0.1, 0.15) is 6.33 Å². The van der Waals surface area contributed by atoms with E-state index >= 15 is 0 Å². The minimum absolute atomic E-state index is 0.235. The molecule has 2 rings (SSSR count). The van der Waals surface area contributed by atoms with E-state index in [0.29, 0.717) is 23.9 Å². The molecule has 1 N–H and O–H groups in total. The van der Waals surface area contributed by atoms with E-state index in [1.165, 1.54) is 6.33 Å². The fraction of sp³-hybridized carbons (Fsp3) is 0.733. The Hall–Kier alpha value is -1.23. The van der Waals surface area contributed by atoms with Crippen molar-refractivity contribution in [2.45, 2.75) is 46.1 Å². The Morgan fingerprint density at radius 3 is 2.65 bits per heavy atom. The van der Waals surface area contributed by atoms with Crippen molar-refractivity contribution in [3.63, 3.8) is 0 Å². The lowest BCUT2D eigenvalue weighted by molar-refractivity contribution is 0.365. The van der Waals surface area contributed by atoms with Crippen LogP contribution in [-0.4, -0.2) is 35.6 Å². The van der Waals surface area contributed by atoms with Gasteiger partial charge in [-0.05, 0) is 52.1 Å². The predicted octanol–water partition coefficient (Wildman–Crippen LogP) is 2.39. The molecule has 1 aliphatic rings. The van der Waals surface area contributed by atoms with Crippen LogP contribution in [0.1, 0.15) is 39.3 Å². The number of hydrogen-bond donors (Lipinski definition) is 1. The van der Waals surface area contributed by atoms with Crippen molar-refractivity contribution in [3.05, 3.63) is 17.8 Å². The van der Waals surface area contributed by atoms with E-state index in [4.69, 9.17) is 0 Å². The molecule has 0 aromatic carbocycles. The van der Waals surface area contributed by atoms with Gasteiger partial charge < -0.3 is 10.2 Å². The average molecular weight is 280 g/mol. The van der Waals surface area contributed by atoms with Gasteiger partial charge in [0.05, 0.1) is 5.69 Å². The summed E-state index contributed by atoms with van der Waals surface area (Å²) in [7, 11) is 0. The summed E-state index contributed by atoms with van der Waals surface area (Å²) in [6.45, 7) is 9.09. The van der Waals surface area contributed by atoms with Crippen LogP contribution in [-0.2, 0) is 6.42 Å². The molecule has 0 unspecified atom stereocenters. The zero-order valence-corrected chi connectivity index (χ0v) is 12.7. The van der Waals surface area contributed by atoms with E-state index in [0.717, 1.165) is 32.5 Å². The number of rotatable bonds is 5. The highest BCUT2D eigenvalue weighted by Crippen LogP contribution is 2.24. The van der Waals surface area contributed by atoms with E-state index in [1.54, 1.807) is 0 Å². The van der Waals surface area contributed by atoms with Crippen LogP contribution in [0.4, 0.5) is 10.2 Å². The maximum atomic E-state index is 14.5. The van der Waals surface area contributed by atoms with Crippen LogP contribution in [0.15, 0.2) is 6.33 Å². The molecule has 112 valence electrons. The standard InChI is InChI=1S/C15H25FN4/c1-4-13-14(16)15(19-10-18-13)20(11(2)3)9-12-5-7-17-8-6-12/h10-12,17H,4-9H2,1-3H3. The zero-order valence-electron chi connectivity index (χ0n) is 12.7. The molecule has 0 saturated carbocycles. The number of anilines is 1. The van der Waals surface area contributed by atoms with Crippen LogP contribution in [0.5, 0.6) is 0 Å². The summed E-state index contributed by atoms with van der Waals surface area (Å²) in [6, 6.07) is 0.235. The first-order valence-corrected chi connectivity index (χ1v) is 7.60. The quantitative estimate of drug-likeness (QED) is 0.899. The Morgan fingerprint density at radius 2 is 2.05 bits per heavy atom. The largest absolute Gasteiger partial charge is 0.351 e. The van der Waals surface area contributed by atoms with Crippen LogP contribution in [0.2, 0.25) is 0 Å². The zero-order chi connectivity index (χ0) is 14.5. The number of aryl methyl sites for hydroxylation is 1. The van der Waals surface area contributed by atoms with Gasteiger partial charge in [-0.1, -0.05) is 6.92 Å². The molecular weight excluding hydrogens is 255 g/mol. The molecule has 20 heavy (non-hydrogen) atoms. The lowest BCUT2D eigenvalue weighted by atomic mass is 9.97. The Morgan fingerprint density at radius 1 is 1.35 bits per heavy atom. The molecule has 4 nitrogen and oxygen atoms in total. The van der Waals surface area contributed by atoms with Crippen LogP contribution < -0.4 is 10.2 Å². The molecular formula is C15H25FN4. The lowest BCUT2D eigenvalue weighted by Crippen LogP contribution is -2.40. The summed E-state index contributed by atoms with van der Waals surface area (Å²) in [5.41, 5.74) is 0.506. The summed E-state index contributed by atoms with van der Waals surface area (Å²) < 4.78 is 14.5. The second kappa shape index (κ2) is 6.97. The van der Waals surface area contributed by atoms with Gasteiger partial charge in [0.25, 0.3) is 0 Å². The van der Waals surface area contributed by atoms with Crippen molar-refractivity contribution >= 4 is 5.82 Å². The van der Waals surface area contributed by atoms with Crippen LogP contribution >= 0.6 is 0 Å². The Bertz CT molecular complexity index is 430. The normalized spacial score (nSPS) is 16.6. The molecule has 2 heterocycles. The van der Waals surface area contributed by atoms with E-state index in [-0.39, 0.29) is 11.9 Å². The third-order valence-electron chi connectivity index (χ3n) is 3.99. The molecule has 1 fully saturated rings. The summed E-state index contributed by atoms with van der Waals surface area (Å²) >= 11 is 0. The maximum absolute atomic E-state index is 14.5. The summed E-state index contributed by atoms with van der Waals surface area (Å²) in [6.07, 6.45) is 4.38. The van der Waals surface area contributed by atoms with Crippen LogP contribution in [0, 0.1) is 11.7 Å². The molecule has 0 radical (unpaired) electrons. The average Bonchev–Trinajstić information content (AvgIpc) is 2.46. The highest BCUT2D eigenvalue weighted by molar-refractivity contribution is 5.42. The molecule has 0 aliphatic carbocycles. The highest BCUT2D eigenvalue weighted by atomic mass is 19.1. The van der Waals surface area contributed by atoms with E-state index in [2.05, 4.69) is 34.0 Å². The van der Waals surface area contributed by atoms with Gasteiger partial charge in [-0.3, -0.25) is 0 Å². The maximum Gasteiger partial charge on any atom is 0.187 e. The number of nitrogens with zero attached hydrogens (tertiary/aromatic N) is 3. The Balaban J connectivity index is 2.19. The molecule has 5 heteroatoms. The third-order valence-corrected chi connectivity index (χ3v) is 3.99. The van der Waals surface area contributed by atoms with Gasteiger partial charge in [-0.15, -0.1) is 0 Å². The monoisotopic (exact) mass is 280 g/mol. The molecule has 1 aromatic heterocycles. The fourth-order valence-corrected chi connectivity index (χ4v) is 2.73. The number of nitrogens with one attached hydrogen (secondary N) is 1. The molecule has 1 saturated heterocycles. The number of hydrogen-bond acceptors (Lipinski definition) is 4. The van der Waals surface area contributed by atoms with E-state index in [9.17, 15) is 4.39 Å². The van der Waals surface area contributed by atoms with E-state index in [1.807, 2.05) is 6.92 Å². The fourth-order valence-electron chi connectivity index (χ4n) is 2.73. The van der Waals surface area contributed by atoms with Gasteiger partial charge in [0.15, 0.2) is 11.6 Å². The summed E-state index contributed by atoms with van der Waals surface area (Å²) in [4.78, 5) is 10.3. The van der Waals surface area contributed by atoms with Crippen molar-refractivity contribution in [1.29, 1.82) is 0 Å². The van der Waals surface area contributed by atoms with Crippen molar-refractivity contribution in [2.24, 2.45) is 5.92 Å². The first-order valence-electron chi connectivity index (χ1n) is 7.60. The Kier molecular flexibility index (Phi) is 5.29. The van der Waals surface area contributed by atoms with Gasteiger partial charge in [-0.25, -0.2) is 14.4 Å². The molecule has 0 amide bonds. The SMILES string of the molecule is CCc1ncnc(N(CC2CCNCC2)C(C)C)c1F. The summed E-state index contributed by atoms with van der Waals surface area (Å²) in [5, 5.41) is 3.37. The van der Waals surface area contributed by atoms with Crippen molar-refractivity contribution < 1.29 is 4.39 Å². The van der Waals surface area contributed by atoms with Crippen LogP contribution in [0.3, 0.4) is 0 Å². The molecule has 0 atom stereocenters. The van der Waals surface area contributed by atoms with Gasteiger partial charge in [-0.2, -0.15) is 0 Å². The molecule has 0 bridgehead atoms. The van der Waals surface area contributed by atoms with Crippen molar-refractivity contribution in [3.8, 4) is 0 Å². The lowest BCUT2D eigenvalue weighted by Gasteiger charge is -2.33.